The molecule has 108 valence electrons. The van der Waals surface area contributed by atoms with Crippen molar-refractivity contribution in [3.05, 3.63) is 65.0 Å². The van der Waals surface area contributed by atoms with Crippen LogP contribution in [0.2, 0.25) is 0 Å². The van der Waals surface area contributed by atoms with E-state index in [-0.39, 0.29) is 24.5 Å². The van der Waals surface area contributed by atoms with Gasteiger partial charge in [0.05, 0.1) is 5.56 Å². The molecule has 0 unspecified atom stereocenters. The summed E-state index contributed by atoms with van der Waals surface area (Å²) in [5.74, 6) is 2.54. The molecule has 0 radical (unpaired) electrons. The van der Waals surface area contributed by atoms with Gasteiger partial charge in [-0.3, -0.25) is 0 Å². The van der Waals surface area contributed by atoms with Gasteiger partial charge in [0.25, 0.3) is 0 Å². The summed E-state index contributed by atoms with van der Waals surface area (Å²) in [7, 11) is 0. The molecular weight excluding hydrogens is 281 g/mol. The lowest BCUT2D eigenvalue weighted by molar-refractivity contribution is 0.303. The molecule has 1 N–H and O–H groups in total. The monoisotopic (exact) mass is 292 g/mol. The highest BCUT2D eigenvalue weighted by molar-refractivity contribution is 5.38. The highest BCUT2D eigenvalue weighted by Gasteiger charge is 2.05. The highest BCUT2D eigenvalue weighted by atomic mass is 19.2. The molecule has 0 aromatic heterocycles. The number of aliphatic hydroxyl groups is 1. The van der Waals surface area contributed by atoms with E-state index in [1.54, 1.807) is 0 Å². The van der Waals surface area contributed by atoms with E-state index in [1.807, 2.05) is 0 Å². The van der Waals surface area contributed by atoms with Crippen LogP contribution in [0.15, 0.2) is 36.4 Å². The van der Waals surface area contributed by atoms with Crippen LogP contribution in [0.5, 0.6) is 5.75 Å². The maximum absolute atomic E-state index is 13.4. The van der Waals surface area contributed by atoms with Crippen molar-refractivity contribution in [2.75, 3.05) is 6.61 Å². The molecular formula is C16H11F3O2. The van der Waals surface area contributed by atoms with Crippen LogP contribution >= 0.6 is 0 Å². The molecule has 0 saturated carbocycles. The summed E-state index contributed by atoms with van der Waals surface area (Å²) in [4.78, 5) is 0. The van der Waals surface area contributed by atoms with Crippen molar-refractivity contribution in [3.8, 4) is 17.6 Å². The van der Waals surface area contributed by atoms with Crippen molar-refractivity contribution in [1.82, 2.24) is 0 Å². The van der Waals surface area contributed by atoms with Crippen LogP contribution in [-0.2, 0) is 6.61 Å². The Balaban J connectivity index is 2.11. The Hall–Kier alpha value is -2.45. The Bertz CT molecular complexity index is 702. The molecule has 0 aliphatic rings. The predicted molar refractivity (Wildman–Crippen MR) is 71.1 cm³/mol. The minimum Gasteiger partial charge on any atom is -0.489 e. The smallest absolute Gasteiger partial charge is 0.162 e. The molecule has 0 aliphatic heterocycles. The molecule has 0 saturated heterocycles. The Morgan fingerprint density at radius 1 is 0.952 bits per heavy atom. The highest BCUT2D eigenvalue weighted by Crippen LogP contribution is 2.17. The van der Waals surface area contributed by atoms with E-state index >= 15 is 0 Å². The molecule has 2 nitrogen and oxygen atoms in total. The van der Waals surface area contributed by atoms with Crippen LogP contribution in [-0.4, -0.2) is 11.7 Å². The summed E-state index contributed by atoms with van der Waals surface area (Å²) in [6.45, 7) is -0.311. The average molecular weight is 292 g/mol. The van der Waals surface area contributed by atoms with Gasteiger partial charge < -0.3 is 9.84 Å². The van der Waals surface area contributed by atoms with E-state index in [0.717, 1.165) is 12.1 Å². The topological polar surface area (TPSA) is 29.5 Å². The van der Waals surface area contributed by atoms with Crippen LogP contribution in [0.1, 0.15) is 11.1 Å². The van der Waals surface area contributed by atoms with Crippen LogP contribution in [0.4, 0.5) is 13.2 Å². The minimum atomic E-state index is -0.999. The largest absolute Gasteiger partial charge is 0.489 e. The first-order valence-corrected chi connectivity index (χ1v) is 6.06. The molecule has 0 bridgehead atoms. The van der Waals surface area contributed by atoms with Crippen molar-refractivity contribution < 1.29 is 23.0 Å². The fourth-order valence-corrected chi connectivity index (χ4v) is 1.63. The molecule has 5 heteroatoms. The molecule has 2 aromatic rings. The summed E-state index contributed by atoms with van der Waals surface area (Å²) in [6, 6.07) is 7.40. The van der Waals surface area contributed by atoms with Gasteiger partial charge in [0.15, 0.2) is 11.6 Å². The molecule has 2 aromatic carbocycles. The first kappa shape index (κ1) is 14.9. The van der Waals surface area contributed by atoms with Gasteiger partial charge in [-0.1, -0.05) is 17.9 Å². The number of hydrogen-bond donors (Lipinski definition) is 1. The molecule has 0 atom stereocenters. The second-order valence-corrected chi connectivity index (χ2v) is 4.14. The Morgan fingerprint density at radius 3 is 2.43 bits per heavy atom. The second kappa shape index (κ2) is 6.82. The Kier molecular flexibility index (Phi) is 4.85. The zero-order chi connectivity index (χ0) is 15.2. The molecule has 0 heterocycles. The van der Waals surface area contributed by atoms with Gasteiger partial charge in [-0.15, -0.1) is 0 Å². The van der Waals surface area contributed by atoms with Crippen molar-refractivity contribution in [1.29, 1.82) is 0 Å². The second-order valence-electron chi connectivity index (χ2n) is 4.14. The number of hydrogen-bond acceptors (Lipinski definition) is 2. The molecule has 0 aliphatic carbocycles. The van der Waals surface area contributed by atoms with Gasteiger partial charge in [-0.25, -0.2) is 13.2 Å². The average Bonchev–Trinajstić information content (AvgIpc) is 2.48. The fourth-order valence-electron chi connectivity index (χ4n) is 1.63. The van der Waals surface area contributed by atoms with Gasteiger partial charge in [0, 0.05) is 6.07 Å². The lowest BCUT2D eigenvalue weighted by Gasteiger charge is -2.07. The van der Waals surface area contributed by atoms with Crippen molar-refractivity contribution in [2.24, 2.45) is 0 Å². The van der Waals surface area contributed by atoms with Crippen LogP contribution in [0, 0.1) is 29.3 Å². The van der Waals surface area contributed by atoms with Crippen molar-refractivity contribution >= 4 is 0 Å². The van der Waals surface area contributed by atoms with Gasteiger partial charge in [0.2, 0.25) is 0 Å². The quantitative estimate of drug-likeness (QED) is 0.881. The van der Waals surface area contributed by atoms with Crippen molar-refractivity contribution in [3.63, 3.8) is 0 Å². The minimum absolute atomic E-state index is 0.0547. The molecule has 21 heavy (non-hydrogen) atoms. The number of benzene rings is 2. The lowest BCUT2D eigenvalue weighted by atomic mass is 10.1. The predicted octanol–water partition coefficient (Wildman–Crippen LogP) is 3.03. The summed E-state index contributed by atoms with van der Waals surface area (Å²) in [6.07, 6.45) is 0. The summed E-state index contributed by atoms with van der Waals surface area (Å²) in [5.41, 5.74) is 0.749. The number of rotatable bonds is 3. The van der Waals surface area contributed by atoms with Gasteiger partial charge in [-0.2, -0.15) is 0 Å². The molecule has 0 amide bonds. The molecule has 2 rings (SSSR count). The maximum Gasteiger partial charge on any atom is 0.162 e. The number of ether oxygens (including phenoxy) is 1. The van der Waals surface area contributed by atoms with E-state index in [2.05, 4.69) is 11.8 Å². The summed E-state index contributed by atoms with van der Waals surface area (Å²) >= 11 is 0. The SMILES string of the molecule is OCC#Cc1cc(COc2ccc(F)c(F)c2)ccc1F. The lowest BCUT2D eigenvalue weighted by Crippen LogP contribution is -1.98. The maximum atomic E-state index is 13.4. The van der Waals surface area contributed by atoms with Crippen LogP contribution in [0.3, 0.4) is 0 Å². The summed E-state index contributed by atoms with van der Waals surface area (Å²) < 4.78 is 44.5. The fraction of sp³-hybridized carbons (Fsp3) is 0.125. The number of aliphatic hydroxyl groups excluding tert-OH is 1. The Morgan fingerprint density at radius 2 is 1.71 bits per heavy atom. The van der Waals surface area contributed by atoms with Gasteiger partial charge in [0.1, 0.15) is 24.8 Å². The third-order valence-electron chi connectivity index (χ3n) is 2.63. The van der Waals surface area contributed by atoms with Crippen LogP contribution in [0.25, 0.3) is 0 Å². The van der Waals surface area contributed by atoms with Gasteiger partial charge in [-0.05, 0) is 29.8 Å². The zero-order valence-electron chi connectivity index (χ0n) is 10.9. The first-order chi connectivity index (χ1) is 10.1. The third-order valence-corrected chi connectivity index (χ3v) is 2.63. The van der Waals surface area contributed by atoms with E-state index in [1.165, 1.54) is 24.3 Å². The van der Waals surface area contributed by atoms with E-state index < -0.39 is 17.5 Å². The molecule has 0 spiro atoms. The zero-order valence-corrected chi connectivity index (χ0v) is 10.9. The third kappa shape index (κ3) is 4.01. The normalized spacial score (nSPS) is 9.90. The standard InChI is InChI=1S/C16H11F3O2/c17-14-5-3-11(8-12(14)2-1-7-20)10-21-13-4-6-15(18)16(19)9-13/h3-6,8-9,20H,7,10H2. The van der Waals surface area contributed by atoms with E-state index in [9.17, 15) is 13.2 Å². The summed E-state index contributed by atoms with van der Waals surface area (Å²) in [5, 5.41) is 8.60. The van der Waals surface area contributed by atoms with Crippen LogP contribution < -0.4 is 4.74 Å². The first-order valence-electron chi connectivity index (χ1n) is 6.06. The van der Waals surface area contributed by atoms with E-state index in [4.69, 9.17) is 9.84 Å². The number of halogens is 3. The van der Waals surface area contributed by atoms with E-state index in [0.29, 0.717) is 5.56 Å². The Labute approximate surface area is 119 Å². The molecule has 0 fully saturated rings. The van der Waals surface area contributed by atoms with Crippen molar-refractivity contribution in [2.45, 2.75) is 6.61 Å². The van der Waals surface area contributed by atoms with Gasteiger partial charge >= 0.3 is 0 Å².